The van der Waals surface area contributed by atoms with Gasteiger partial charge in [0.15, 0.2) is 0 Å². The van der Waals surface area contributed by atoms with Crippen LogP contribution in [0.1, 0.15) is 25.7 Å². The van der Waals surface area contributed by atoms with Gasteiger partial charge in [0.05, 0.1) is 5.52 Å². The first kappa shape index (κ1) is 11.0. The molecule has 2 unspecified atom stereocenters. The minimum absolute atomic E-state index is 0.400. The first-order valence-corrected chi connectivity index (χ1v) is 6.97. The zero-order valence-electron chi connectivity index (χ0n) is 10.7. The number of anilines is 1. The van der Waals surface area contributed by atoms with E-state index in [0.717, 1.165) is 18.4 Å². The second kappa shape index (κ2) is 4.05. The molecule has 2 aromatic rings. The van der Waals surface area contributed by atoms with Crippen molar-refractivity contribution in [2.75, 3.05) is 4.90 Å². The predicted molar refractivity (Wildman–Crippen MR) is 75.3 cm³/mol. The summed E-state index contributed by atoms with van der Waals surface area (Å²) in [6.07, 6.45) is 5.56. The van der Waals surface area contributed by atoms with Gasteiger partial charge >= 0.3 is 0 Å². The van der Waals surface area contributed by atoms with Crippen molar-refractivity contribution in [2.24, 2.45) is 0 Å². The summed E-state index contributed by atoms with van der Waals surface area (Å²) in [4.78, 5) is 18.6. The van der Waals surface area contributed by atoms with E-state index < -0.39 is 0 Å². The number of nitrogens with zero attached hydrogens (tertiary/aromatic N) is 2. The van der Waals surface area contributed by atoms with Crippen LogP contribution in [-0.2, 0) is 4.79 Å². The van der Waals surface area contributed by atoms with Gasteiger partial charge in [-0.1, -0.05) is 6.07 Å². The molecular formula is C16H16N2O. The number of hydrogen-bond donors (Lipinski definition) is 0. The number of carbonyl (C=O) groups is 1. The highest BCUT2D eigenvalue weighted by Crippen LogP contribution is 2.40. The molecular weight excluding hydrogens is 236 g/mol. The van der Waals surface area contributed by atoms with Crippen LogP contribution < -0.4 is 4.90 Å². The maximum atomic E-state index is 11.7. The van der Waals surface area contributed by atoms with Gasteiger partial charge in [-0.2, -0.15) is 0 Å². The second-order valence-electron chi connectivity index (χ2n) is 5.59. The average Bonchev–Trinajstić information content (AvgIpc) is 2.70. The number of rotatable bonds is 1. The Labute approximate surface area is 112 Å². The maximum Gasteiger partial charge on any atom is 0.137 e. The molecule has 0 radical (unpaired) electrons. The Kier molecular flexibility index (Phi) is 2.34. The summed E-state index contributed by atoms with van der Waals surface area (Å²) in [5.74, 6) is 0.433. The molecule has 0 aliphatic carbocycles. The highest BCUT2D eigenvalue weighted by molar-refractivity contribution is 5.93. The van der Waals surface area contributed by atoms with Gasteiger partial charge in [0.2, 0.25) is 0 Å². The van der Waals surface area contributed by atoms with Crippen LogP contribution in [0.2, 0.25) is 0 Å². The summed E-state index contributed by atoms with van der Waals surface area (Å²) in [7, 11) is 0. The summed E-state index contributed by atoms with van der Waals surface area (Å²) >= 11 is 0. The van der Waals surface area contributed by atoms with Crippen LogP contribution in [0.5, 0.6) is 0 Å². The molecule has 0 spiro atoms. The van der Waals surface area contributed by atoms with Gasteiger partial charge in [-0.3, -0.25) is 9.78 Å². The SMILES string of the molecule is O=C1CC2CCC(C1)N2c1cccc2ncccc12. The van der Waals surface area contributed by atoms with Gasteiger partial charge in [0.25, 0.3) is 0 Å². The summed E-state index contributed by atoms with van der Waals surface area (Å²) in [6.45, 7) is 0. The molecule has 0 saturated carbocycles. The Morgan fingerprint density at radius 3 is 2.63 bits per heavy atom. The number of Topliss-reactive ketones (excluding diaryl/α,β-unsaturated/α-hetero) is 1. The highest BCUT2D eigenvalue weighted by Gasteiger charge is 2.40. The Morgan fingerprint density at radius 2 is 1.84 bits per heavy atom. The zero-order chi connectivity index (χ0) is 12.8. The van der Waals surface area contributed by atoms with E-state index >= 15 is 0 Å². The molecule has 96 valence electrons. The van der Waals surface area contributed by atoms with Crippen LogP contribution in [-0.4, -0.2) is 22.9 Å². The van der Waals surface area contributed by atoms with Gasteiger partial charge in [0, 0.05) is 42.2 Å². The van der Waals surface area contributed by atoms with Crippen molar-refractivity contribution in [3.05, 3.63) is 36.5 Å². The van der Waals surface area contributed by atoms with Gasteiger partial charge in [-0.15, -0.1) is 0 Å². The Morgan fingerprint density at radius 1 is 1.05 bits per heavy atom. The van der Waals surface area contributed by atoms with Crippen molar-refractivity contribution in [1.82, 2.24) is 4.98 Å². The third kappa shape index (κ3) is 1.65. The number of aromatic nitrogens is 1. The normalized spacial score (nSPS) is 26.1. The van der Waals surface area contributed by atoms with Crippen molar-refractivity contribution >= 4 is 22.4 Å². The summed E-state index contributed by atoms with van der Waals surface area (Å²) in [5, 5.41) is 1.20. The Hall–Kier alpha value is -1.90. The Bertz CT molecular complexity index is 631. The number of ketones is 1. The van der Waals surface area contributed by atoms with E-state index in [1.807, 2.05) is 12.3 Å². The number of hydrogen-bond acceptors (Lipinski definition) is 3. The zero-order valence-corrected chi connectivity index (χ0v) is 10.7. The second-order valence-corrected chi connectivity index (χ2v) is 5.59. The van der Waals surface area contributed by atoms with E-state index in [-0.39, 0.29) is 0 Å². The molecule has 0 amide bonds. The molecule has 3 nitrogen and oxygen atoms in total. The minimum Gasteiger partial charge on any atom is -0.364 e. The molecule has 2 aliphatic heterocycles. The lowest BCUT2D eigenvalue weighted by molar-refractivity contribution is -0.120. The number of carbonyl (C=O) groups excluding carboxylic acids is 1. The van der Waals surface area contributed by atoms with Crippen molar-refractivity contribution in [1.29, 1.82) is 0 Å². The fourth-order valence-corrected chi connectivity index (χ4v) is 3.68. The first-order chi connectivity index (χ1) is 9.33. The molecule has 2 aliphatic rings. The van der Waals surface area contributed by atoms with Gasteiger partial charge in [-0.25, -0.2) is 0 Å². The van der Waals surface area contributed by atoms with E-state index in [1.54, 1.807) is 0 Å². The smallest absolute Gasteiger partial charge is 0.137 e. The monoisotopic (exact) mass is 252 g/mol. The third-order valence-corrected chi connectivity index (χ3v) is 4.45. The summed E-state index contributed by atoms with van der Waals surface area (Å²) in [5.41, 5.74) is 2.29. The lowest BCUT2D eigenvalue weighted by Gasteiger charge is -2.36. The fraction of sp³-hybridized carbons (Fsp3) is 0.375. The average molecular weight is 252 g/mol. The lowest BCUT2D eigenvalue weighted by atomic mass is 9.99. The van der Waals surface area contributed by atoms with Crippen molar-refractivity contribution in [3.8, 4) is 0 Å². The summed E-state index contributed by atoms with van der Waals surface area (Å²) in [6, 6.07) is 11.2. The van der Waals surface area contributed by atoms with E-state index in [9.17, 15) is 4.79 Å². The van der Waals surface area contributed by atoms with Gasteiger partial charge < -0.3 is 4.90 Å². The lowest BCUT2D eigenvalue weighted by Crippen LogP contribution is -2.43. The van der Waals surface area contributed by atoms with Crippen molar-refractivity contribution in [3.63, 3.8) is 0 Å². The number of pyridine rings is 1. The van der Waals surface area contributed by atoms with Crippen LogP contribution in [0.15, 0.2) is 36.5 Å². The molecule has 2 fully saturated rings. The number of piperidine rings is 1. The van der Waals surface area contributed by atoms with E-state index in [4.69, 9.17) is 0 Å². The maximum absolute atomic E-state index is 11.7. The minimum atomic E-state index is 0.400. The quantitative estimate of drug-likeness (QED) is 0.782. The van der Waals surface area contributed by atoms with Crippen LogP contribution in [0.4, 0.5) is 5.69 Å². The van der Waals surface area contributed by atoms with E-state index in [2.05, 4.69) is 34.1 Å². The molecule has 19 heavy (non-hydrogen) atoms. The van der Waals surface area contributed by atoms with Crippen LogP contribution >= 0.6 is 0 Å². The molecule has 1 aromatic carbocycles. The van der Waals surface area contributed by atoms with Crippen LogP contribution in [0.25, 0.3) is 10.9 Å². The molecule has 1 aromatic heterocycles. The van der Waals surface area contributed by atoms with Gasteiger partial charge in [0.1, 0.15) is 5.78 Å². The van der Waals surface area contributed by atoms with Crippen LogP contribution in [0.3, 0.4) is 0 Å². The largest absolute Gasteiger partial charge is 0.364 e. The number of fused-ring (bicyclic) bond motifs is 3. The predicted octanol–water partition coefficient (Wildman–Crippen LogP) is 2.94. The molecule has 2 saturated heterocycles. The first-order valence-electron chi connectivity index (χ1n) is 6.97. The fourth-order valence-electron chi connectivity index (χ4n) is 3.68. The molecule has 4 rings (SSSR count). The standard InChI is InChI=1S/C16H16N2O/c19-13-9-11-6-7-12(10-13)18(11)16-5-1-4-15-14(16)3-2-8-17-15/h1-5,8,11-12H,6-7,9-10H2. The number of benzene rings is 1. The molecule has 2 atom stereocenters. The van der Waals surface area contributed by atoms with Crippen LogP contribution in [0, 0.1) is 0 Å². The summed E-state index contributed by atoms with van der Waals surface area (Å²) < 4.78 is 0. The van der Waals surface area contributed by atoms with E-state index in [1.165, 1.54) is 11.1 Å². The van der Waals surface area contributed by atoms with Crippen molar-refractivity contribution in [2.45, 2.75) is 37.8 Å². The Balaban J connectivity index is 1.85. The molecule has 0 N–H and O–H groups in total. The molecule has 3 heteroatoms. The molecule has 2 bridgehead atoms. The third-order valence-electron chi connectivity index (χ3n) is 4.45. The van der Waals surface area contributed by atoms with Gasteiger partial charge in [-0.05, 0) is 37.1 Å². The highest BCUT2D eigenvalue weighted by atomic mass is 16.1. The topological polar surface area (TPSA) is 33.2 Å². The van der Waals surface area contributed by atoms with Crippen molar-refractivity contribution < 1.29 is 4.79 Å². The van der Waals surface area contributed by atoms with E-state index in [0.29, 0.717) is 30.7 Å². The molecule has 3 heterocycles.